The highest BCUT2D eigenvalue weighted by Gasteiger charge is 1.72. The van der Waals surface area contributed by atoms with Gasteiger partial charge in [0, 0.05) is 0 Å². The fraction of sp³-hybridized carbons (Fsp3) is 0.167. The van der Waals surface area contributed by atoms with E-state index in [0.29, 0.717) is 0 Å². The zero-order valence-electron chi connectivity index (χ0n) is 3.96. The van der Waals surface area contributed by atoms with E-state index in [0.717, 1.165) is 6.54 Å². The van der Waals surface area contributed by atoms with Crippen LogP contribution < -0.4 is 0 Å². The van der Waals surface area contributed by atoms with Crippen LogP contribution in [0.2, 0.25) is 0 Å². The lowest BCUT2D eigenvalue weighted by atomic mass is 10.5. The van der Waals surface area contributed by atoms with Gasteiger partial charge in [0.05, 0.1) is 12.8 Å². The topological polar surface area (TPSA) is 12.4 Å². The molecule has 0 saturated carbocycles. The van der Waals surface area contributed by atoms with Gasteiger partial charge in [-0.3, -0.25) is 4.99 Å². The van der Waals surface area contributed by atoms with Gasteiger partial charge in [-0.25, -0.2) is 0 Å². The lowest BCUT2D eigenvalue weighted by Gasteiger charge is -1.70. The molecule has 0 bridgehead atoms. The Morgan fingerprint density at radius 3 is 3.43 bits per heavy atom. The van der Waals surface area contributed by atoms with Crippen LogP contribution in [0.1, 0.15) is 0 Å². The zero-order valence-corrected chi connectivity index (χ0v) is 3.96. The molecule has 0 amide bonds. The van der Waals surface area contributed by atoms with Crippen molar-refractivity contribution in [2.45, 2.75) is 0 Å². The highest BCUT2D eigenvalue weighted by Crippen LogP contribution is 1.81. The van der Waals surface area contributed by atoms with Gasteiger partial charge in [-0.05, 0) is 6.08 Å². The minimum atomic E-state index is 0.771. The second kappa shape index (κ2) is 2.35. The van der Waals surface area contributed by atoms with E-state index >= 15 is 0 Å². The molecule has 0 aliphatic carbocycles. The molecule has 0 saturated heterocycles. The standard InChI is InChI=1S/C6H6N/c1-2-4-6-7-5-3-1/h1-4H,5H2. The van der Waals surface area contributed by atoms with Crippen molar-refractivity contribution in [1.29, 1.82) is 0 Å². The summed E-state index contributed by atoms with van der Waals surface area (Å²) in [6, 6.07) is 0. The molecule has 0 aromatic heterocycles. The Morgan fingerprint density at radius 2 is 2.43 bits per heavy atom. The van der Waals surface area contributed by atoms with Crippen LogP contribution in [0.4, 0.5) is 0 Å². The molecule has 1 rings (SSSR count). The Labute approximate surface area is 43.1 Å². The summed E-state index contributed by atoms with van der Waals surface area (Å²) in [4.78, 5) is 3.85. The summed E-state index contributed by atoms with van der Waals surface area (Å²) in [7, 11) is 0. The summed E-state index contributed by atoms with van der Waals surface area (Å²) >= 11 is 0. The van der Waals surface area contributed by atoms with Gasteiger partial charge in [-0.2, -0.15) is 0 Å². The Hall–Kier alpha value is -0.850. The van der Waals surface area contributed by atoms with Crippen LogP contribution >= 0.6 is 0 Å². The van der Waals surface area contributed by atoms with Crippen LogP contribution in [-0.2, 0) is 0 Å². The molecular weight excluding hydrogens is 86.1 g/mol. The van der Waals surface area contributed by atoms with Crippen molar-refractivity contribution < 1.29 is 0 Å². The van der Waals surface area contributed by atoms with Gasteiger partial charge in [-0.1, -0.05) is 18.2 Å². The quantitative estimate of drug-likeness (QED) is 0.423. The van der Waals surface area contributed by atoms with Gasteiger partial charge < -0.3 is 0 Å². The van der Waals surface area contributed by atoms with Gasteiger partial charge >= 0.3 is 0 Å². The highest BCUT2D eigenvalue weighted by atomic mass is 14.7. The van der Waals surface area contributed by atoms with Gasteiger partial charge in [0.2, 0.25) is 0 Å². The van der Waals surface area contributed by atoms with Crippen LogP contribution in [0.3, 0.4) is 0 Å². The molecular formula is C6H6N. The molecule has 1 heterocycles. The lowest BCUT2D eigenvalue weighted by molar-refractivity contribution is 1.27. The summed E-state index contributed by atoms with van der Waals surface area (Å²) in [5.41, 5.74) is 0. The van der Waals surface area contributed by atoms with Crippen LogP contribution in [-0.4, -0.2) is 12.8 Å². The number of hydrogen-bond acceptors (Lipinski definition) is 1. The zero-order chi connectivity index (χ0) is 4.95. The molecule has 0 N–H and O–H groups in total. The van der Waals surface area contributed by atoms with Crippen molar-refractivity contribution in [2.24, 2.45) is 4.99 Å². The molecule has 1 aliphatic rings. The molecule has 0 unspecified atom stereocenters. The number of rotatable bonds is 0. The Morgan fingerprint density at radius 1 is 1.43 bits per heavy atom. The van der Waals surface area contributed by atoms with Crippen molar-refractivity contribution in [3.63, 3.8) is 0 Å². The largest absolute Gasteiger partial charge is 0.279 e. The highest BCUT2D eigenvalue weighted by molar-refractivity contribution is 5.72. The molecule has 0 atom stereocenters. The second-order valence-corrected chi connectivity index (χ2v) is 1.26. The minimum absolute atomic E-state index is 0.771. The van der Waals surface area contributed by atoms with E-state index < -0.39 is 0 Å². The third-order valence-electron chi connectivity index (χ3n) is 0.706. The molecule has 0 spiro atoms. The van der Waals surface area contributed by atoms with Gasteiger partial charge in [0.15, 0.2) is 0 Å². The monoisotopic (exact) mass is 92.1 g/mol. The average Bonchev–Trinajstić information content (AvgIpc) is 1.90. The van der Waals surface area contributed by atoms with E-state index in [9.17, 15) is 0 Å². The first-order valence-electron chi connectivity index (χ1n) is 2.24. The summed E-state index contributed by atoms with van der Waals surface area (Å²) in [6.45, 7) is 0.771. The van der Waals surface area contributed by atoms with Crippen molar-refractivity contribution in [3.8, 4) is 0 Å². The first-order chi connectivity index (χ1) is 3.50. The number of hydrogen-bond donors (Lipinski definition) is 0. The molecule has 0 aromatic carbocycles. The molecule has 1 radical (unpaired) electrons. The molecule has 35 valence electrons. The van der Waals surface area contributed by atoms with Crippen molar-refractivity contribution in [2.75, 3.05) is 6.54 Å². The van der Waals surface area contributed by atoms with Crippen molar-refractivity contribution in [3.05, 3.63) is 24.3 Å². The molecule has 1 heteroatoms. The lowest BCUT2D eigenvalue weighted by Crippen LogP contribution is -1.66. The summed E-state index contributed by atoms with van der Waals surface area (Å²) in [5, 5.41) is 0. The summed E-state index contributed by atoms with van der Waals surface area (Å²) in [5.74, 6) is 0. The van der Waals surface area contributed by atoms with E-state index in [1.807, 2.05) is 18.2 Å². The maximum atomic E-state index is 3.85. The van der Waals surface area contributed by atoms with E-state index in [4.69, 9.17) is 0 Å². The van der Waals surface area contributed by atoms with E-state index in [1.165, 1.54) is 0 Å². The van der Waals surface area contributed by atoms with E-state index in [1.54, 1.807) is 6.08 Å². The first kappa shape index (κ1) is 4.31. The summed E-state index contributed by atoms with van der Waals surface area (Å²) in [6.07, 6.45) is 10.4. The van der Waals surface area contributed by atoms with Crippen LogP contribution in [0.15, 0.2) is 29.3 Å². The minimum Gasteiger partial charge on any atom is -0.279 e. The molecule has 1 aliphatic heterocycles. The van der Waals surface area contributed by atoms with Gasteiger partial charge in [-0.15, -0.1) is 0 Å². The van der Waals surface area contributed by atoms with E-state index in [2.05, 4.69) is 11.2 Å². The molecule has 0 aromatic rings. The number of aliphatic imine (C=N–C) groups is 1. The molecule has 0 fully saturated rings. The Kier molecular flexibility index (Phi) is 1.44. The SMILES string of the molecule is [C]1=NCC=CC=C1. The number of allylic oxidation sites excluding steroid dienone is 3. The predicted octanol–water partition coefficient (Wildman–Crippen LogP) is 1.06. The normalized spacial score (nSPS) is 17.1. The Balaban J connectivity index is 2.60. The van der Waals surface area contributed by atoms with Crippen molar-refractivity contribution in [1.82, 2.24) is 0 Å². The summed E-state index contributed by atoms with van der Waals surface area (Å²) < 4.78 is 0. The van der Waals surface area contributed by atoms with Crippen LogP contribution in [0.25, 0.3) is 0 Å². The third kappa shape index (κ3) is 1.35. The molecule has 7 heavy (non-hydrogen) atoms. The fourth-order valence-corrected chi connectivity index (χ4v) is 0.396. The van der Waals surface area contributed by atoms with Crippen LogP contribution in [0.5, 0.6) is 0 Å². The van der Waals surface area contributed by atoms with Crippen LogP contribution in [0, 0.1) is 0 Å². The van der Waals surface area contributed by atoms with E-state index in [-0.39, 0.29) is 0 Å². The number of nitrogens with zero attached hydrogens (tertiary/aromatic N) is 1. The van der Waals surface area contributed by atoms with Crippen molar-refractivity contribution >= 4 is 6.21 Å². The third-order valence-corrected chi connectivity index (χ3v) is 0.706. The average molecular weight is 92.1 g/mol. The van der Waals surface area contributed by atoms with Gasteiger partial charge in [0.25, 0.3) is 0 Å². The first-order valence-corrected chi connectivity index (χ1v) is 2.24. The van der Waals surface area contributed by atoms with Gasteiger partial charge in [0.1, 0.15) is 0 Å². The maximum Gasteiger partial charge on any atom is 0.0830 e. The second-order valence-electron chi connectivity index (χ2n) is 1.26. The molecule has 1 nitrogen and oxygen atoms in total. The Bertz CT molecular complexity index is 106. The fourth-order valence-electron chi connectivity index (χ4n) is 0.396. The maximum absolute atomic E-state index is 3.85. The smallest absolute Gasteiger partial charge is 0.0830 e. The predicted molar refractivity (Wildman–Crippen MR) is 30.6 cm³/mol.